The monoisotopic (exact) mass is 424 g/mol. The molecule has 3 heteroatoms. The van der Waals surface area contributed by atoms with Gasteiger partial charge >= 0.3 is 5.97 Å². The van der Waals surface area contributed by atoms with E-state index in [4.69, 9.17) is 9.84 Å². The normalized spacial score (nSPS) is 11.4. The van der Waals surface area contributed by atoms with Crippen molar-refractivity contribution in [3.8, 4) is 0 Å². The number of hydrogen-bond donors (Lipinski definition) is 1. The summed E-state index contributed by atoms with van der Waals surface area (Å²) < 4.78 is 5.02. The smallest absolute Gasteiger partial charge is 0.305 e. The average molecular weight is 425 g/mol. The largest absolute Gasteiger partial charge is 0.466 e. The number of hydrogen-bond acceptors (Lipinski definition) is 3. The topological polar surface area (TPSA) is 46.5 Å². The second kappa shape index (κ2) is 26.2. The van der Waals surface area contributed by atoms with Crippen molar-refractivity contribution in [2.24, 2.45) is 0 Å². The Balaban J connectivity index is 3.12. The van der Waals surface area contributed by atoms with Crippen molar-refractivity contribution in [3.05, 3.63) is 12.2 Å². The van der Waals surface area contributed by atoms with Crippen molar-refractivity contribution < 1.29 is 14.6 Å². The van der Waals surface area contributed by atoms with Gasteiger partial charge in [-0.25, -0.2) is 0 Å². The van der Waals surface area contributed by atoms with E-state index >= 15 is 0 Å². The van der Waals surface area contributed by atoms with Gasteiger partial charge in [-0.3, -0.25) is 4.79 Å². The number of esters is 1. The highest BCUT2D eigenvalue weighted by molar-refractivity contribution is 5.69. The molecule has 0 amide bonds. The minimum atomic E-state index is -0.114. The molecule has 0 rings (SSSR count). The SMILES string of the molecule is CCCCCCCC/C=C/CCCCCCCCCCCCCC(=O)OCCCO. The van der Waals surface area contributed by atoms with E-state index in [-0.39, 0.29) is 12.6 Å². The van der Waals surface area contributed by atoms with Gasteiger partial charge in [-0.05, 0) is 32.1 Å². The second-order valence-corrected chi connectivity index (χ2v) is 8.75. The number of aliphatic hydroxyl groups excluding tert-OH is 1. The van der Waals surface area contributed by atoms with Crippen LogP contribution in [0.3, 0.4) is 0 Å². The Bertz CT molecular complexity index is 365. The van der Waals surface area contributed by atoms with Crippen LogP contribution < -0.4 is 0 Å². The third-order valence-corrected chi connectivity index (χ3v) is 5.71. The summed E-state index contributed by atoms with van der Waals surface area (Å²) >= 11 is 0. The molecule has 0 bridgehead atoms. The van der Waals surface area contributed by atoms with Gasteiger partial charge in [-0.1, -0.05) is 109 Å². The first-order valence-corrected chi connectivity index (χ1v) is 13.2. The number of ether oxygens (including phenoxy) is 1. The van der Waals surface area contributed by atoms with E-state index in [1.54, 1.807) is 0 Å². The van der Waals surface area contributed by atoms with Crippen molar-refractivity contribution >= 4 is 5.97 Å². The van der Waals surface area contributed by atoms with Gasteiger partial charge in [0, 0.05) is 19.4 Å². The van der Waals surface area contributed by atoms with E-state index < -0.39 is 0 Å². The van der Waals surface area contributed by atoms with Crippen LogP contribution in [0.25, 0.3) is 0 Å². The molecule has 0 saturated heterocycles. The van der Waals surface area contributed by atoms with E-state index in [0.29, 0.717) is 19.4 Å². The van der Waals surface area contributed by atoms with Crippen molar-refractivity contribution in [2.75, 3.05) is 13.2 Å². The van der Waals surface area contributed by atoms with Crippen LogP contribution in [0.5, 0.6) is 0 Å². The Labute approximate surface area is 188 Å². The van der Waals surface area contributed by atoms with Gasteiger partial charge in [-0.15, -0.1) is 0 Å². The van der Waals surface area contributed by atoms with Gasteiger partial charge in [-0.2, -0.15) is 0 Å². The summed E-state index contributed by atoms with van der Waals surface area (Å²) in [5.74, 6) is -0.114. The van der Waals surface area contributed by atoms with Crippen molar-refractivity contribution in [1.29, 1.82) is 0 Å². The lowest BCUT2D eigenvalue weighted by Gasteiger charge is -2.04. The van der Waals surface area contributed by atoms with Gasteiger partial charge < -0.3 is 9.84 Å². The summed E-state index contributed by atoms with van der Waals surface area (Å²) in [4.78, 5) is 11.4. The molecule has 0 saturated carbocycles. The lowest BCUT2D eigenvalue weighted by atomic mass is 10.0. The summed E-state index contributed by atoms with van der Waals surface area (Å²) in [5.41, 5.74) is 0. The molecule has 0 aromatic heterocycles. The zero-order valence-electron chi connectivity index (χ0n) is 20.2. The Hall–Kier alpha value is -0.830. The summed E-state index contributed by atoms with van der Waals surface area (Å²) in [6.07, 6.45) is 31.0. The zero-order chi connectivity index (χ0) is 22.0. The number of carbonyl (C=O) groups excluding carboxylic acids is 1. The van der Waals surface area contributed by atoms with Crippen molar-refractivity contribution in [3.63, 3.8) is 0 Å². The predicted molar refractivity (Wildman–Crippen MR) is 130 cm³/mol. The summed E-state index contributed by atoms with van der Waals surface area (Å²) in [6.45, 7) is 2.72. The molecule has 0 fully saturated rings. The molecule has 0 aliphatic heterocycles. The van der Waals surface area contributed by atoms with Crippen LogP contribution in [0.4, 0.5) is 0 Å². The highest BCUT2D eigenvalue weighted by atomic mass is 16.5. The average Bonchev–Trinajstić information content (AvgIpc) is 2.75. The molecule has 0 aliphatic rings. The molecular formula is C27H52O3. The molecule has 30 heavy (non-hydrogen) atoms. The van der Waals surface area contributed by atoms with E-state index in [9.17, 15) is 4.79 Å². The molecule has 0 spiro atoms. The zero-order valence-corrected chi connectivity index (χ0v) is 20.2. The lowest BCUT2D eigenvalue weighted by molar-refractivity contribution is -0.144. The number of unbranched alkanes of at least 4 members (excludes halogenated alkanes) is 17. The molecule has 0 aromatic carbocycles. The Kier molecular flexibility index (Phi) is 25.5. The maximum absolute atomic E-state index is 11.4. The third kappa shape index (κ3) is 25.2. The molecule has 0 aliphatic carbocycles. The van der Waals surface area contributed by atoms with Crippen molar-refractivity contribution in [1.82, 2.24) is 0 Å². The molecule has 0 aromatic rings. The summed E-state index contributed by atoms with van der Waals surface area (Å²) in [7, 11) is 0. The Morgan fingerprint density at radius 1 is 0.633 bits per heavy atom. The van der Waals surface area contributed by atoms with Crippen LogP contribution in [0, 0.1) is 0 Å². The standard InChI is InChI=1S/C27H52O3/c1-2-3-4-5-6-7-8-9-10-11-12-13-14-15-16-17-18-19-20-21-22-24-27(29)30-26-23-25-28/h9-10,28H,2-8,11-26H2,1H3/b10-9+. The highest BCUT2D eigenvalue weighted by Crippen LogP contribution is 2.13. The first-order chi connectivity index (χ1) is 14.8. The number of rotatable bonds is 24. The minimum absolute atomic E-state index is 0.0873. The molecule has 0 atom stereocenters. The first kappa shape index (κ1) is 29.2. The van der Waals surface area contributed by atoms with Crippen LogP contribution in [-0.2, 0) is 9.53 Å². The first-order valence-electron chi connectivity index (χ1n) is 13.2. The van der Waals surface area contributed by atoms with Crippen LogP contribution >= 0.6 is 0 Å². The van der Waals surface area contributed by atoms with Crippen LogP contribution in [0.15, 0.2) is 12.2 Å². The van der Waals surface area contributed by atoms with Gasteiger partial charge in [0.2, 0.25) is 0 Å². The fourth-order valence-electron chi connectivity index (χ4n) is 3.72. The molecule has 3 nitrogen and oxygen atoms in total. The van der Waals surface area contributed by atoms with Crippen LogP contribution in [0.1, 0.15) is 142 Å². The number of aliphatic hydroxyl groups is 1. The van der Waals surface area contributed by atoms with Crippen molar-refractivity contribution in [2.45, 2.75) is 142 Å². The molecule has 178 valence electrons. The molecule has 1 N–H and O–H groups in total. The van der Waals surface area contributed by atoms with E-state index in [1.165, 1.54) is 109 Å². The Morgan fingerprint density at radius 3 is 1.53 bits per heavy atom. The maximum Gasteiger partial charge on any atom is 0.305 e. The quantitative estimate of drug-likeness (QED) is 0.0962. The molecule has 0 heterocycles. The van der Waals surface area contributed by atoms with E-state index in [0.717, 1.165) is 12.8 Å². The van der Waals surface area contributed by atoms with Gasteiger partial charge in [0.25, 0.3) is 0 Å². The second-order valence-electron chi connectivity index (χ2n) is 8.75. The fourth-order valence-corrected chi connectivity index (χ4v) is 3.72. The summed E-state index contributed by atoms with van der Waals surface area (Å²) in [5, 5.41) is 8.64. The molecular weight excluding hydrogens is 372 g/mol. The Morgan fingerprint density at radius 2 is 1.07 bits per heavy atom. The number of allylic oxidation sites excluding steroid dienone is 2. The maximum atomic E-state index is 11.4. The minimum Gasteiger partial charge on any atom is -0.466 e. The van der Waals surface area contributed by atoms with Crippen LogP contribution in [-0.4, -0.2) is 24.3 Å². The fraction of sp³-hybridized carbons (Fsp3) is 0.889. The predicted octanol–water partition coefficient (Wildman–Crippen LogP) is 8.29. The van der Waals surface area contributed by atoms with Crippen LogP contribution in [0.2, 0.25) is 0 Å². The van der Waals surface area contributed by atoms with E-state index in [2.05, 4.69) is 19.1 Å². The number of carbonyl (C=O) groups is 1. The van der Waals surface area contributed by atoms with Gasteiger partial charge in [0.1, 0.15) is 0 Å². The van der Waals surface area contributed by atoms with E-state index in [1.807, 2.05) is 0 Å². The summed E-state index contributed by atoms with van der Waals surface area (Å²) in [6, 6.07) is 0. The lowest BCUT2D eigenvalue weighted by Crippen LogP contribution is -2.06. The third-order valence-electron chi connectivity index (χ3n) is 5.71. The van der Waals surface area contributed by atoms with Gasteiger partial charge in [0.05, 0.1) is 6.61 Å². The molecule has 0 radical (unpaired) electrons. The highest BCUT2D eigenvalue weighted by Gasteiger charge is 2.02. The van der Waals surface area contributed by atoms with Gasteiger partial charge in [0.15, 0.2) is 0 Å². The molecule has 0 unspecified atom stereocenters.